The van der Waals surface area contributed by atoms with Crippen molar-refractivity contribution in [2.75, 3.05) is 25.6 Å². The van der Waals surface area contributed by atoms with Crippen LogP contribution in [0.2, 0.25) is 0 Å². The molecule has 0 radical (unpaired) electrons. The Bertz CT molecular complexity index is 454. The third-order valence-electron chi connectivity index (χ3n) is 3.66. The van der Waals surface area contributed by atoms with Crippen LogP contribution < -0.4 is 10.6 Å². The number of benzene rings is 1. The molecule has 1 amide bonds. The highest BCUT2D eigenvalue weighted by atomic mass is 16.5. The van der Waals surface area contributed by atoms with Gasteiger partial charge in [0.05, 0.1) is 23.9 Å². The standard InChI is InChI=1S/C16H24N2O2/c1-3-6-13(11-20-2)18-16(19)14-9-4-7-12-8-5-10-17-15(12)14/h4,7,9,13,17H,3,5-6,8,10-11H2,1-2H3,(H,18,19). The summed E-state index contributed by atoms with van der Waals surface area (Å²) in [6.07, 6.45) is 4.13. The van der Waals surface area contributed by atoms with Gasteiger partial charge in [-0.25, -0.2) is 0 Å². The first-order chi connectivity index (χ1) is 9.76. The summed E-state index contributed by atoms with van der Waals surface area (Å²) < 4.78 is 5.18. The number of carbonyl (C=O) groups excluding carboxylic acids is 1. The summed E-state index contributed by atoms with van der Waals surface area (Å²) in [5.41, 5.74) is 2.99. The average molecular weight is 276 g/mol. The van der Waals surface area contributed by atoms with E-state index in [1.165, 1.54) is 5.56 Å². The molecule has 0 aliphatic carbocycles. The summed E-state index contributed by atoms with van der Waals surface area (Å²) in [6, 6.07) is 6.03. The molecule has 1 aromatic carbocycles. The number of amides is 1. The minimum absolute atomic E-state index is 0.00764. The lowest BCUT2D eigenvalue weighted by atomic mass is 9.99. The number of rotatable bonds is 6. The van der Waals surface area contributed by atoms with Crippen molar-refractivity contribution in [1.82, 2.24) is 5.32 Å². The molecule has 20 heavy (non-hydrogen) atoms. The monoisotopic (exact) mass is 276 g/mol. The number of para-hydroxylation sites is 1. The quantitative estimate of drug-likeness (QED) is 0.839. The van der Waals surface area contributed by atoms with Crippen molar-refractivity contribution in [3.8, 4) is 0 Å². The maximum Gasteiger partial charge on any atom is 0.253 e. The Morgan fingerprint density at radius 2 is 2.35 bits per heavy atom. The normalized spacial score (nSPS) is 15.1. The minimum atomic E-state index is -0.00764. The predicted molar refractivity (Wildman–Crippen MR) is 81.3 cm³/mol. The fraction of sp³-hybridized carbons (Fsp3) is 0.562. The Morgan fingerprint density at radius 3 is 3.10 bits per heavy atom. The topological polar surface area (TPSA) is 50.4 Å². The van der Waals surface area contributed by atoms with Gasteiger partial charge in [0.2, 0.25) is 0 Å². The lowest BCUT2D eigenvalue weighted by Gasteiger charge is -2.22. The van der Waals surface area contributed by atoms with E-state index >= 15 is 0 Å². The second-order valence-electron chi connectivity index (χ2n) is 5.28. The largest absolute Gasteiger partial charge is 0.384 e. The minimum Gasteiger partial charge on any atom is -0.384 e. The highest BCUT2D eigenvalue weighted by Crippen LogP contribution is 2.26. The molecule has 1 aromatic rings. The molecule has 0 saturated carbocycles. The summed E-state index contributed by atoms with van der Waals surface area (Å²) in [4.78, 5) is 12.5. The zero-order valence-corrected chi connectivity index (χ0v) is 12.4. The van der Waals surface area contributed by atoms with E-state index in [0.29, 0.717) is 6.61 Å². The molecule has 2 rings (SSSR count). The van der Waals surface area contributed by atoms with Crippen molar-refractivity contribution < 1.29 is 9.53 Å². The number of hydrogen-bond donors (Lipinski definition) is 2. The lowest BCUT2D eigenvalue weighted by molar-refractivity contribution is 0.0892. The highest BCUT2D eigenvalue weighted by molar-refractivity contribution is 6.00. The molecule has 0 fully saturated rings. The molecule has 0 spiro atoms. The number of aryl methyl sites for hydroxylation is 1. The molecule has 2 N–H and O–H groups in total. The van der Waals surface area contributed by atoms with Crippen LogP contribution in [0.5, 0.6) is 0 Å². The molecular weight excluding hydrogens is 252 g/mol. The van der Waals surface area contributed by atoms with Gasteiger partial charge >= 0.3 is 0 Å². The van der Waals surface area contributed by atoms with E-state index in [1.807, 2.05) is 12.1 Å². The van der Waals surface area contributed by atoms with Gasteiger partial charge in [-0.2, -0.15) is 0 Å². The molecule has 0 saturated heterocycles. The average Bonchev–Trinajstić information content (AvgIpc) is 2.47. The number of carbonyl (C=O) groups is 1. The maximum atomic E-state index is 12.5. The Labute approximate surface area is 120 Å². The van der Waals surface area contributed by atoms with Crippen LogP contribution in [0.4, 0.5) is 5.69 Å². The van der Waals surface area contributed by atoms with Crippen LogP contribution in [0.1, 0.15) is 42.1 Å². The van der Waals surface area contributed by atoms with Crippen LogP contribution in [0.15, 0.2) is 18.2 Å². The number of hydrogen-bond acceptors (Lipinski definition) is 3. The summed E-state index contributed by atoms with van der Waals surface area (Å²) in [6.45, 7) is 3.61. The van der Waals surface area contributed by atoms with E-state index in [2.05, 4.69) is 23.6 Å². The third-order valence-corrected chi connectivity index (χ3v) is 3.66. The van der Waals surface area contributed by atoms with Crippen molar-refractivity contribution in [2.24, 2.45) is 0 Å². The Morgan fingerprint density at radius 1 is 1.50 bits per heavy atom. The van der Waals surface area contributed by atoms with Gasteiger partial charge in [-0.3, -0.25) is 4.79 Å². The molecular formula is C16H24N2O2. The predicted octanol–water partition coefficient (Wildman–Crippen LogP) is 2.59. The van der Waals surface area contributed by atoms with Crippen LogP contribution in [0.3, 0.4) is 0 Å². The van der Waals surface area contributed by atoms with Crippen molar-refractivity contribution in [2.45, 2.75) is 38.6 Å². The zero-order chi connectivity index (χ0) is 14.4. The van der Waals surface area contributed by atoms with Crippen molar-refractivity contribution in [3.05, 3.63) is 29.3 Å². The van der Waals surface area contributed by atoms with Crippen LogP contribution >= 0.6 is 0 Å². The lowest BCUT2D eigenvalue weighted by Crippen LogP contribution is -2.38. The van der Waals surface area contributed by atoms with Gasteiger partial charge in [0.1, 0.15) is 0 Å². The van der Waals surface area contributed by atoms with Gasteiger partial charge in [-0.1, -0.05) is 25.5 Å². The van der Waals surface area contributed by atoms with E-state index in [0.717, 1.165) is 43.5 Å². The number of fused-ring (bicyclic) bond motifs is 1. The Balaban J connectivity index is 2.12. The van der Waals surface area contributed by atoms with Crippen molar-refractivity contribution in [1.29, 1.82) is 0 Å². The molecule has 110 valence electrons. The summed E-state index contributed by atoms with van der Waals surface area (Å²) in [5.74, 6) is -0.00764. The second kappa shape index (κ2) is 7.29. The Hall–Kier alpha value is -1.55. The number of ether oxygens (including phenoxy) is 1. The molecule has 1 unspecified atom stereocenters. The summed E-state index contributed by atoms with van der Waals surface area (Å²) >= 11 is 0. The first kappa shape index (κ1) is 14.9. The van der Waals surface area contributed by atoms with E-state index in [1.54, 1.807) is 7.11 Å². The van der Waals surface area contributed by atoms with Crippen LogP contribution in [0, 0.1) is 0 Å². The van der Waals surface area contributed by atoms with Crippen LogP contribution in [-0.4, -0.2) is 32.2 Å². The van der Waals surface area contributed by atoms with Gasteiger partial charge in [-0.05, 0) is 30.9 Å². The molecule has 0 bridgehead atoms. The first-order valence-corrected chi connectivity index (χ1v) is 7.41. The second-order valence-corrected chi connectivity index (χ2v) is 5.28. The molecule has 1 aliphatic rings. The van der Waals surface area contributed by atoms with Gasteiger partial charge in [-0.15, -0.1) is 0 Å². The number of anilines is 1. The van der Waals surface area contributed by atoms with Crippen LogP contribution in [0.25, 0.3) is 0 Å². The number of methoxy groups -OCH3 is 1. The molecule has 1 aliphatic heterocycles. The highest BCUT2D eigenvalue weighted by Gasteiger charge is 2.19. The molecule has 4 heteroatoms. The van der Waals surface area contributed by atoms with Gasteiger partial charge in [0.25, 0.3) is 5.91 Å². The summed E-state index contributed by atoms with van der Waals surface area (Å²) in [5, 5.41) is 6.44. The van der Waals surface area contributed by atoms with E-state index < -0.39 is 0 Å². The van der Waals surface area contributed by atoms with Gasteiger partial charge in [0.15, 0.2) is 0 Å². The van der Waals surface area contributed by atoms with Gasteiger partial charge in [0, 0.05) is 13.7 Å². The van der Waals surface area contributed by atoms with E-state index in [9.17, 15) is 4.79 Å². The zero-order valence-electron chi connectivity index (χ0n) is 12.4. The fourth-order valence-electron chi connectivity index (χ4n) is 2.71. The van der Waals surface area contributed by atoms with Gasteiger partial charge < -0.3 is 15.4 Å². The third kappa shape index (κ3) is 3.51. The SMILES string of the molecule is CCCC(COC)NC(=O)c1cccc2c1NCCC2. The fourth-order valence-corrected chi connectivity index (χ4v) is 2.71. The first-order valence-electron chi connectivity index (χ1n) is 7.41. The molecule has 1 heterocycles. The van der Waals surface area contributed by atoms with Crippen molar-refractivity contribution >= 4 is 11.6 Å². The molecule has 4 nitrogen and oxygen atoms in total. The smallest absolute Gasteiger partial charge is 0.253 e. The maximum absolute atomic E-state index is 12.5. The van der Waals surface area contributed by atoms with Crippen molar-refractivity contribution in [3.63, 3.8) is 0 Å². The van der Waals surface area contributed by atoms with E-state index in [4.69, 9.17) is 4.74 Å². The molecule has 0 aromatic heterocycles. The Kier molecular flexibility index (Phi) is 5.41. The van der Waals surface area contributed by atoms with Crippen LogP contribution in [-0.2, 0) is 11.2 Å². The molecule has 1 atom stereocenters. The number of nitrogens with one attached hydrogen (secondary N) is 2. The van der Waals surface area contributed by atoms with E-state index in [-0.39, 0.29) is 11.9 Å². The summed E-state index contributed by atoms with van der Waals surface area (Å²) in [7, 11) is 1.67.